The van der Waals surface area contributed by atoms with Gasteiger partial charge >= 0.3 is 0 Å². The second-order valence-electron chi connectivity index (χ2n) is 4.53. The monoisotopic (exact) mass is 217 g/mol. The van der Waals surface area contributed by atoms with Gasteiger partial charge < -0.3 is 9.64 Å². The van der Waals surface area contributed by atoms with Crippen LogP contribution in [0.15, 0.2) is 0 Å². The van der Waals surface area contributed by atoms with Gasteiger partial charge in [-0.1, -0.05) is 0 Å². The van der Waals surface area contributed by atoms with E-state index in [1.807, 2.05) is 0 Å². The predicted molar refractivity (Wildman–Crippen MR) is 58.9 cm³/mol. The summed E-state index contributed by atoms with van der Waals surface area (Å²) in [5, 5.41) is 0. The van der Waals surface area contributed by atoms with E-state index in [0.717, 1.165) is 24.9 Å². The van der Waals surface area contributed by atoms with Gasteiger partial charge in [0.1, 0.15) is 0 Å². The van der Waals surface area contributed by atoms with Crippen molar-refractivity contribution in [1.29, 1.82) is 0 Å². The molecule has 0 aromatic carbocycles. The van der Waals surface area contributed by atoms with Crippen molar-refractivity contribution in [1.82, 2.24) is 4.90 Å². The normalized spacial score (nSPS) is 34.1. The van der Waals surface area contributed by atoms with Crippen LogP contribution >= 0.6 is 11.6 Å². The first-order valence-electron chi connectivity index (χ1n) is 5.78. The van der Waals surface area contributed by atoms with E-state index in [1.54, 1.807) is 0 Å². The number of rotatable bonds is 4. The van der Waals surface area contributed by atoms with Crippen molar-refractivity contribution in [2.45, 2.75) is 31.8 Å². The van der Waals surface area contributed by atoms with E-state index in [4.69, 9.17) is 16.3 Å². The standard InChI is InChI=1S/C11H20ClNO/c12-5-3-10-4-6-13(8-10)9-11-2-1-7-14-11/h10-11H,1-9H2. The zero-order valence-corrected chi connectivity index (χ0v) is 9.51. The number of ether oxygens (including phenoxy) is 1. The Morgan fingerprint density at radius 1 is 1.36 bits per heavy atom. The van der Waals surface area contributed by atoms with Crippen LogP contribution in [-0.4, -0.2) is 43.1 Å². The van der Waals surface area contributed by atoms with E-state index < -0.39 is 0 Å². The summed E-state index contributed by atoms with van der Waals surface area (Å²) < 4.78 is 5.64. The molecule has 0 aromatic rings. The number of hydrogen-bond donors (Lipinski definition) is 0. The second kappa shape index (κ2) is 5.34. The first-order chi connectivity index (χ1) is 6.88. The van der Waals surface area contributed by atoms with Crippen molar-refractivity contribution >= 4 is 11.6 Å². The molecule has 2 aliphatic heterocycles. The van der Waals surface area contributed by atoms with Gasteiger partial charge in [-0.2, -0.15) is 0 Å². The van der Waals surface area contributed by atoms with Crippen molar-refractivity contribution < 1.29 is 4.74 Å². The Labute approximate surface area is 91.6 Å². The summed E-state index contributed by atoms with van der Waals surface area (Å²) in [7, 11) is 0. The molecule has 0 N–H and O–H groups in total. The van der Waals surface area contributed by atoms with Crippen LogP contribution in [0.1, 0.15) is 25.7 Å². The summed E-state index contributed by atoms with van der Waals surface area (Å²) in [6.07, 6.45) is 5.55. The van der Waals surface area contributed by atoms with Crippen LogP contribution < -0.4 is 0 Å². The Bertz CT molecular complexity index is 171. The van der Waals surface area contributed by atoms with Crippen LogP contribution in [0.3, 0.4) is 0 Å². The minimum Gasteiger partial charge on any atom is -0.377 e. The zero-order chi connectivity index (χ0) is 9.80. The van der Waals surface area contributed by atoms with Crippen molar-refractivity contribution in [3.63, 3.8) is 0 Å². The molecule has 0 aromatic heterocycles. The molecule has 0 aliphatic carbocycles. The topological polar surface area (TPSA) is 12.5 Å². The second-order valence-corrected chi connectivity index (χ2v) is 4.90. The molecule has 2 atom stereocenters. The number of hydrogen-bond acceptors (Lipinski definition) is 2. The molecule has 2 unspecified atom stereocenters. The van der Waals surface area contributed by atoms with E-state index in [9.17, 15) is 0 Å². The highest BCUT2D eigenvalue weighted by molar-refractivity contribution is 6.17. The van der Waals surface area contributed by atoms with Gasteiger partial charge in [0.05, 0.1) is 6.10 Å². The van der Waals surface area contributed by atoms with Gasteiger partial charge in [0.2, 0.25) is 0 Å². The summed E-state index contributed by atoms with van der Waals surface area (Å²) in [4.78, 5) is 2.55. The van der Waals surface area contributed by atoms with Crippen LogP contribution in [-0.2, 0) is 4.74 Å². The van der Waals surface area contributed by atoms with Gasteiger partial charge in [-0.15, -0.1) is 11.6 Å². The molecule has 3 heteroatoms. The third-order valence-electron chi connectivity index (χ3n) is 3.37. The summed E-state index contributed by atoms with van der Waals surface area (Å²) in [6.45, 7) is 4.62. The largest absolute Gasteiger partial charge is 0.377 e. The third kappa shape index (κ3) is 2.85. The smallest absolute Gasteiger partial charge is 0.0702 e. The molecular formula is C11H20ClNO. The Balaban J connectivity index is 1.67. The maximum atomic E-state index is 5.76. The fourth-order valence-corrected chi connectivity index (χ4v) is 2.85. The lowest BCUT2D eigenvalue weighted by atomic mass is 10.1. The number of likely N-dealkylation sites (tertiary alicyclic amines) is 1. The molecule has 82 valence electrons. The average molecular weight is 218 g/mol. The highest BCUT2D eigenvalue weighted by Gasteiger charge is 2.25. The van der Waals surface area contributed by atoms with Crippen LogP contribution in [0.2, 0.25) is 0 Å². The van der Waals surface area contributed by atoms with Crippen molar-refractivity contribution in [3.05, 3.63) is 0 Å². The van der Waals surface area contributed by atoms with Crippen molar-refractivity contribution in [2.24, 2.45) is 5.92 Å². The first kappa shape index (κ1) is 10.7. The zero-order valence-electron chi connectivity index (χ0n) is 8.75. The molecule has 2 nitrogen and oxygen atoms in total. The summed E-state index contributed by atoms with van der Waals surface area (Å²) in [5.74, 6) is 1.66. The highest BCUT2D eigenvalue weighted by atomic mass is 35.5. The molecule has 14 heavy (non-hydrogen) atoms. The Morgan fingerprint density at radius 2 is 2.29 bits per heavy atom. The fraction of sp³-hybridized carbons (Fsp3) is 1.00. The maximum absolute atomic E-state index is 5.76. The molecule has 0 amide bonds. The van der Waals surface area contributed by atoms with E-state index in [0.29, 0.717) is 6.10 Å². The van der Waals surface area contributed by atoms with E-state index >= 15 is 0 Å². The Hall–Kier alpha value is 0.210. The molecule has 2 saturated heterocycles. The van der Waals surface area contributed by atoms with Gasteiger partial charge in [-0.25, -0.2) is 0 Å². The van der Waals surface area contributed by atoms with Gasteiger partial charge in [0.25, 0.3) is 0 Å². The highest BCUT2D eigenvalue weighted by Crippen LogP contribution is 2.22. The minimum atomic E-state index is 0.518. The summed E-state index contributed by atoms with van der Waals surface area (Å²) in [6, 6.07) is 0. The fourth-order valence-electron chi connectivity index (χ4n) is 2.54. The molecule has 0 radical (unpaired) electrons. The first-order valence-corrected chi connectivity index (χ1v) is 6.32. The quantitative estimate of drug-likeness (QED) is 0.669. The molecular weight excluding hydrogens is 198 g/mol. The number of alkyl halides is 1. The molecule has 0 bridgehead atoms. The Morgan fingerprint density at radius 3 is 3.00 bits per heavy atom. The summed E-state index contributed by atoms with van der Waals surface area (Å²) in [5.41, 5.74) is 0. The molecule has 2 aliphatic rings. The van der Waals surface area contributed by atoms with Crippen LogP contribution in [0.25, 0.3) is 0 Å². The minimum absolute atomic E-state index is 0.518. The molecule has 0 saturated carbocycles. The SMILES string of the molecule is ClCCC1CCN(CC2CCCO2)C1. The van der Waals surface area contributed by atoms with Gasteiger partial charge in [0.15, 0.2) is 0 Å². The van der Waals surface area contributed by atoms with Crippen molar-refractivity contribution in [2.75, 3.05) is 32.1 Å². The van der Waals surface area contributed by atoms with Gasteiger partial charge in [-0.3, -0.25) is 0 Å². The average Bonchev–Trinajstić information content (AvgIpc) is 2.79. The Kier molecular flexibility index (Phi) is 4.09. The predicted octanol–water partition coefficient (Wildman–Crippen LogP) is 2.12. The number of nitrogens with zero attached hydrogens (tertiary/aromatic N) is 1. The van der Waals surface area contributed by atoms with E-state index in [1.165, 1.54) is 38.8 Å². The lowest BCUT2D eigenvalue weighted by Gasteiger charge is -2.19. The maximum Gasteiger partial charge on any atom is 0.0702 e. The van der Waals surface area contributed by atoms with Crippen LogP contribution in [0, 0.1) is 5.92 Å². The lowest BCUT2D eigenvalue weighted by molar-refractivity contribution is 0.0796. The molecule has 2 heterocycles. The van der Waals surface area contributed by atoms with Crippen molar-refractivity contribution in [3.8, 4) is 0 Å². The summed E-state index contributed by atoms with van der Waals surface area (Å²) >= 11 is 5.76. The van der Waals surface area contributed by atoms with Crippen LogP contribution in [0.5, 0.6) is 0 Å². The molecule has 0 spiro atoms. The lowest BCUT2D eigenvalue weighted by Crippen LogP contribution is -2.30. The number of halogens is 1. The van der Waals surface area contributed by atoms with E-state index in [2.05, 4.69) is 4.90 Å². The third-order valence-corrected chi connectivity index (χ3v) is 3.59. The van der Waals surface area contributed by atoms with Gasteiger partial charge in [-0.05, 0) is 38.1 Å². The van der Waals surface area contributed by atoms with Crippen LogP contribution in [0.4, 0.5) is 0 Å². The van der Waals surface area contributed by atoms with Gasteiger partial charge in [0, 0.05) is 25.6 Å². The molecule has 2 rings (SSSR count). The van der Waals surface area contributed by atoms with E-state index in [-0.39, 0.29) is 0 Å². The molecule has 2 fully saturated rings.